The summed E-state index contributed by atoms with van der Waals surface area (Å²) in [4.78, 5) is 22.9. The third-order valence-electron chi connectivity index (χ3n) is 5.94. The molecule has 1 heterocycles. The van der Waals surface area contributed by atoms with E-state index in [1.165, 1.54) is 12.1 Å². The highest BCUT2D eigenvalue weighted by Crippen LogP contribution is 2.22. The first-order valence-electron chi connectivity index (χ1n) is 11.4. The van der Waals surface area contributed by atoms with E-state index < -0.39 is 10.8 Å². The van der Waals surface area contributed by atoms with Gasteiger partial charge in [-0.25, -0.2) is 0 Å². The Hall–Kier alpha value is -4.20. The Balaban J connectivity index is 1.34. The topological polar surface area (TPSA) is 128 Å². The third-order valence-corrected chi connectivity index (χ3v) is 5.94. The van der Waals surface area contributed by atoms with Crippen LogP contribution in [0.4, 0.5) is 17.1 Å². The number of amides is 1. The molecule has 0 aliphatic carbocycles. The molecule has 0 aliphatic heterocycles. The lowest BCUT2D eigenvalue weighted by Gasteiger charge is -2.08. The Morgan fingerprint density at radius 1 is 0.853 bits per heavy atom. The molecule has 0 atom stereocenters. The van der Waals surface area contributed by atoms with Gasteiger partial charge in [0.2, 0.25) is 11.0 Å². The maximum absolute atomic E-state index is 12.3. The largest absolute Gasteiger partial charge is 0.399 e. The lowest BCUT2D eigenvalue weighted by Crippen LogP contribution is -2.35. The van der Waals surface area contributed by atoms with Crippen LogP contribution in [0.3, 0.4) is 0 Å². The minimum Gasteiger partial charge on any atom is -0.399 e. The van der Waals surface area contributed by atoms with Gasteiger partial charge in [0.15, 0.2) is 0 Å². The Bertz CT molecular complexity index is 1310. The highest BCUT2D eigenvalue weighted by atomic mass is 16.6. The Morgan fingerprint density at radius 2 is 1.47 bits per heavy atom. The second kappa shape index (κ2) is 10.2. The van der Waals surface area contributed by atoms with E-state index in [-0.39, 0.29) is 11.3 Å². The molecule has 174 valence electrons. The molecule has 5 N–H and O–H groups in total. The summed E-state index contributed by atoms with van der Waals surface area (Å²) in [5, 5.41) is 16.1. The van der Waals surface area contributed by atoms with Crippen LogP contribution >= 0.6 is 0 Å². The van der Waals surface area contributed by atoms with Crippen LogP contribution in [0.5, 0.6) is 0 Å². The number of hydrogen-bond donors (Lipinski definition) is 3. The second-order valence-corrected chi connectivity index (χ2v) is 8.38. The smallest absolute Gasteiger partial charge is 0.282 e. The van der Waals surface area contributed by atoms with E-state index in [4.69, 9.17) is 11.5 Å². The maximum Gasteiger partial charge on any atom is 0.282 e. The van der Waals surface area contributed by atoms with Crippen molar-refractivity contribution in [3.05, 3.63) is 82.4 Å². The van der Waals surface area contributed by atoms with Gasteiger partial charge in [0.05, 0.1) is 4.92 Å². The fraction of sp³-hybridized carbons (Fsp3) is 0.231. The molecule has 0 bridgehead atoms. The third kappa shape index (κ3) is 5.06. The normalized spacial score (nSPS) is 11.1. The monoisotopic (exact) mass is 458 g/mol. The number of nitro groups is 1. The van der Waals surface area contributed by atoms with Gasteiger partial charge in [-0.1, -0.05) is 18.6 Å². The lowest BCUT2D eigenvalue weighted by atomic mass is 10.1. The molecule has 0 aliphatic rings. The number of hydrogen-bond acceptors (Lipinski definition) is 5. The van der Waals surface area contributed by atoms with Gasteiger partial charge in [0, 0.05) is 53.3 Å². The van der Waals surface area contributed by atoms with Crippen molar-refractivity contribution in [3.63, 3.8) is 0 Å². The summed E-state index contributed by atoms with van der Waals surface area (Å²) in [7, 11) is 0. The fourth-order valence-corrected chi connectivity index (χ4v) is 4.24. The summed E-state index contributed by atoms with van der Waals surface area (Å²) in [5.74, 6) is -0.416. The molecule has 1 aromatic heterocycles. The number of anilines is 2. The van der Waals surface area contributed by atoms with Crippen molar-refractivity contribution in [2.24, 2.45) is 0 Å². The van der Waals surface area contributed by atoms with Crippen molar-refractivity contribution >= 4 is 44.8 Å². The van der Waals surface area contributed by atoms with E-state index in [9.17, 15) is 14.9 Å². The molecule has 0 saturated carbocycles. The first kappa shape index (κ1) is 23.0. The average molecular weight is 459 g/mol. The number of nitrogen functional groups attached to an aromatic ring is 2. The van der Waals surface area contributed by atoms with Crippen LogP contribution in [0.15, 0.2) is 66.7 Å². The van der Waals surface area contributed by atoms with Gasteiger partial charge in [-0.3, -0.25) is 14.9 Å². The summed E-state index contributed by atoms with van der Waals surface area (Å²) in [6, 6.07) is 20.0. The molecular weight excluding hydrogens is 430 g/mol. The number of rotatable bonds is 9. The van der Waals surface area contributed by atoms with Gasteiger partial charge in [-0.2, -0.15) is 4.57 Å². The van der Waals surface area contributed by atoms with Crippen molar-refractivity contribution in [1.29, 1.82) is 0 Å². The van der Waals surface area contributed by atoms with Crippen molar-refractivity contribution in [1.82, 2.24) is 5.32 Å². The molecule has 0 saturated heterocycles. The number of unbranched alkanes of at least 4 members (excludes halogenated alkanes) is 3. The highest BCUT2D eigenvalue weighted by Gasteiger charge is 2.19. The molecule has 0 radical (unpaired) electrons. The fourth-order valence-electron chi connectivity index (χ4n) is 4.24. The van der Waals surface area contributed by atoms with Crippen LogP contribution in [-0.2, 0) is 6.54 Å². The van der Waals surface area contributed by atoms with E-state index >= 15 is 0 Å². The SMILES string of the molecule is Nc1ccc2cc3ccc(N)cc3[n+](CCCCCCNC(=O)c3ccccc3[N+](=O)[O-])c2c1. The standard InChI is InChI=1S/C26H27N5O3/c27-20-11-9-18-15-19-10-12-21(28)17-25(19)30(24(18)16-20)14-6-2-1-5-13-29-26(32)22-7-3-4-8-23(22)31(33)34/h3-4,7-12,15-17H,1-2,5-6,13-14H2,(H4,27,28,29,32)/p+1. The molecule has 0 fully saturated rings. The minimum absolute atomic E-state index is 0.0882. The summed E-state index contributed by atoms with van der Waals surface area (Å²) in [5.41, 5.74) is 15.6. The molecule has 34 heavy (non-hydrogen) atoms. The Kier molecular flexibility index (Phi) is 6.87. The zero-order valence-electron chi connectivity index (χ0n) is 18.9. The number of aromatic nitrogens is 1. The van der Waals surface area contributed by atoms with Crippen LogP contribution < -0.4 is 21.4 Å². The number of benzene rings is 3. The van der Waals surface area contributed by atoms with Crippen LogP contribution in [-0.4, -0.2) is 17.4 Å². The van der Waals surface area contributed by atoms with Crippen LogP contribution in [0, 0.1) is 10.1 Å². The van der Waals surface area contributed by atoms with E-state index in [2.05, 4.69) is 16.0 Å². The predicted molar refractivity (Wildman–Crippen MR) is 134 cm³/mol. The average Bonchev–Trinajstić information content (AvgIpc) is 2.83. The first-order valence-corrected chi connectivity index (χ1v) is 11.4. The summed E-state index contributed by atoms with van der Waals surface area (Å²) >= 11 is 0. The van der Waals surface area contributed by atoms with Crippen LogP contribution in [0.2, 0.25) is 0 Å². The van der Waals surface area contributed by atoms with Crippen LogP contribution in [0.1, 0.15) is 36.0 Å². The number of nitrogens with two attached hydrogens (primary N) is 2. The number of para-hydroxylation sites is 1. The second-order valence-electron chi connectivity index (χ2n) is 8.38. The lowest BCUT2D eigenvalue weighted by molar-refractivity contribution is -0.645. The molecule has 4 rings (SSSR count). The number of pyridine rings is 1. The summed E-state index contributed by atoms with van der Waals surface area (Å²) < 4.78 is 2.27. The van der Waals surface area contributed by atoms with Gasteiger partial charge in [-0.15, -0.1) is 0 Å². The minimum atomic E-state index is -0.537. The number of fused-ring (bicyclic) bond motifs is 2. The van der Waals surface area contributed by atoms with E-state index in [0.717, 1.165) is 65.4 Å². The number of carbonyl (C=O) groups is 1. The Morgan fingerprint density at radius 3 is 2.12 bits per heavy atom. The molecular formula is C26H28N5O3+. The maximum atomic E-state index is 12.3. The van der Waals surface area contributed by atoms with Gasteiger partial charge in [0.1, 0.15) is 12.1 Å². The molecule has 0 spiro atoms. The van der Waals surface area contributed by atoms with E-state index in [1.54, 1.807) is 12.1 Å². The zero-order valence-corrected chi connectivity index (χ0v) is 18.9. The summed E-state index contributed by atoms with van der Waals surface area (Å²) in [6.07, 6.45) is 3.68. The van der Waals surface area contributed by atoms with Crippen molar-refractivity contribution in [2.45, 2.75) is 32.2 Å². The summed E-state index contributed by atoms with van der Waals surface area (Å²) in [6.45, 7) is 1.30. The number of nitrogens with one attached hydrogen (secondary N) is 1. The molecule has 4 aromatic rings. The molecule has 1 amide bonds. The van der Waals surface area contributed by atoms with Crippen molar-refractivity contribution in [3.8, 4) is 0 Å². The molecule has 8 heteroatoms. The molecule has 8 nitrogen and oxygen atoms in total. The van der Waals surface area contributed by atoms with Gasteiger partial charge < -0.3 is 16.8 Å². The van der Waals surface area contributed by atoms with Crippen LogP contribution in [0.25, 0.3) is 21.8 Å². The first-order chi connectivity index (χ1) is 16.4. The number of carbonyl (C=O) groups excluding carboxylic acids is 1. The van der Waals surface area contributed by atoms with Crippen molar-refractivity contribution < 1.29 is 14.3 Å². The van der Waals surface area contributed by atoms with Gasteiger partial charge in [0.25, 0.3) is 11.6 Å². The quantitative estimate of drug-likeness (QED) is 0.0858. The van der Waals surface area contributed by atoms with Gasteiger partial charge >= 0.3 is 0 Å². The van der Waals surface area contributed by atoms with E-state index in [1.807, 2.05) is 36.4 Å². The highest BCUT2D eigenvalue weighted by molar-refractivity contribution is 5.98. The molecule has 0 unspecified atom stereocenters. The Labute approximate surface area is 197 Å². The van der Waals surface area contributed by atoms with Gasteiger partial charge in [-0.05, 0) is 49.2 Å². The number of nitro benzene ring substituents is 1. The molecule has 3 aromatic carbocycles. The number of aryl methyl sites for hydroxylation is 1. The van der Waals surface area contributed by atoms with Crippen molar-refractivity contribution in [2.75, 3.05) is 18.0 Å². The number of nitrogens with zero attached hydrogens (tertiary/aromatic N) is 2. The predicted octanol–water partition coefficient (Wildman–Crippen LogP) is 4.34. The van der Waals surface area contributed by atoms with E-state index in [0.29, 0.717) is 6.54 Å². The zero-order chi connectivity index (χ0) is 24.1.